The van der Waals surface area contributed by atoms with Crippen molar-refractivity contribution in [2.45, 2.75) is 36.5 Å². The van der Waals surface area contributed by atoms with E-state index in [0.717, 1.165) is 30.3 Å². The van der Waals surface area contributed by atoms with Gasteiger partial charge < -0.3 is 15.1 Å². The van der Waals surface area contributed by atoms with Crippen LogP contribution in [0.4, 0.5) is 35.1 Å². The SMILES string of the molecule is [CH2]C(O)(Cc1ccc(C(=O)N2CCN(Cc3ccc(C(O)(C(F)(F)F)C(F)(F)F)cc3)CC2)cc1F)c1ccc(F)cc1. The molecule has 1 radical (unpaired) electrons. The van der Waals surface area contributed by atoms with Crippen LogP contribution in [-0.4, -0.2) is 64.5 Å². The maximum absolute atomic E-state index is 14.9. The topological polar surface area (TPSA) is 64.0 Å². The Morgan fingerprint density at radius 3 is 1.81 bits per heavy atom. The molecule has 0 aromatic heterocycles. The lowest BCUT2D eigenvalue weighted by molar-refractivity contribution is -0.376. The molecule has 4 rings (SSSR count). The van der Waals surface area contributed by atoms with E-state index < -0.39 is 46.7 Å². The van der Waals surface area contributed by atoms with Gasteiger partial charge in [-0.15, -0.1) is 0 Å². The van der Waals surface area contributed by atoms with E-state index in [9.17, 15) is 50.1 Å². The van der Waals surface area contributed by atoms with E-state index in [0.29, 0.717) is 30.8 Å². The number of nitrogens with zero attached hydrogens (tertiary/aromatic N) is 2. The number of aliphatic hydroxyl groups is 2. The first kappa shape index (κ1) is 32.4. The van der Waals surface area contributed by atoms with Gasteiger partial charge in [-0.1, -0.05) is 42.5 Å². The molecule has 1 unspecified atom stereocenters. The third-order valence-corrected chi connectivity index (χ3v) is 7.42. The van der Waals surface area contributed by atoms with Crippen LogP contribution in [0.3, 0.4) is 0 Å². The number of piperazine rings is 1. The van der Waals surface area contributed by atoms with Crippen LogP contribution in [0.15, 0.2) is 66.7 Å². The molecule has 1 heterocycles. The first-order valence-corrected chi connectivity index (χ1v) is 13.0. The normalized spacial score (nSPS) is 16.7. The smallest absolute Gasteiger partial charge is 0.385 e. The van der Waals surface area contributed by atoms with Crippen LogP contribution < -0.4 is 0 Å². The fraction of sp³-hybridized carbons (Fsp3) is 0.333. The lowest BCUT2D eigenvalue weighted by Gasteiger charge is -2.35. The summed E-state index contributed by atoms with van der Waals surface area (Å²) >= 11 is 0. The van der Waals surface area contributed by atoms with Crippen molar-refractivity contribution in [2.75, 3.05) is 26.2 Å². The maximum atomic E-state index is 14.9. The summed E-state index contributed by atoms with van der Waals surface area (Å²) in [4.78, 5) is 16.3. The average molecular weight is 616 g/mol. The van der Waals surface area contributed by atoms with Gasteiger partial charge >= 0.3 is 12.4 Å². The second kappa shape index (κ2) is 11.9. The van der Waals surface area contributed by atoms with Crippen molar-refractivity contribution in [2.24, 2.45) is 0 Å². The van der Waals surface area contributed by atoms with Crippen molar-refractivity contribution >= 4 is 5.91 Å². The van der Waals surface area contributed by atoms with Crippen molar-refractivity contribution in [1.29, 1.82) is 0 Å². The first-order chi connectivity index (χ1) is 19.9. The minimum atomic E-state index is -5.97. The Hall–Kier alpha value is -3.55. The van der Waals surface area contributed by atoms with Gasteiger partial charge in [0.15, 0.2) is 0 Å². The zero-order chi connectivity index (χ0) is 31.8. The highest BCUT2D eigenvalue weighted by Crippen LogP contribution is 2.50. The van der Waals surface area contributed by atoms with E-state index >= 15 is 0 Å². The largest absolute Gasteiger partial charge is 0.430 e. The molecule has 0 saturated carbocycles. The van der Waals surface area contributed by atoms with Crippen molar-refractivity contribution in [3.63, 3.8) is 0 Å². The van der Waals surface area contributed by atoms with Crippen molar-refractivity contribution in [3.05, 3.63) is 113 Å². The zero-order valence-electron chi connectivity index (χ0n) is 22.5. The minimum Gasteiger partial charge on any atom is -0.385 e. The number of alkyl halides is 6. The van der Waals surface area contributed by atoms with Crippen LogP contribution in [0.5, 0.6) is 0 Å². The minimum absolute atomic E-state index is 0.0708. The molecule has 13 heteroatoms. The molecule has 3 aromatic rings. The highest BCUT2D eigenvalue weighted by molar-refractivity contribution is 5.94. The third-order valence-electron chi connectivity index (χ3n) is 7.42. The first-order valence-electron chi connectivity index (χ1n) is 13.0. The van der Waals surface area contributed by atoms with E-state index in [2.05, 4.69) is 6.92 Å². The number of hydrogen-bond acceptors (Lipinski definition) is 4. The molecule has 1 saturated heterocycles. The zero-order valence-corrected chi connectivity index (χ0v) is 22.5. The maximum Gasteiger partial charge on any atom is 0.430 e. The van der Waals surface area contributed by atoms with Crippen LogP contribution in [0.25, 0.3) is 0 Å². The fourth-order valence-electron chi connectivity index (χ4n) is 4.89. The van der Waals surface area contributed by atoms with Crippen LogP contribution in [-0.2, 0) is 24.2 Å². The monoisotopic (exact) mass is 615 g/mol. The van der Waals surface area contributed by atoms with E-state index in [1.807, 2.05) is 4.90 Å². The van der Waals surface area contributed by atoms with E-state index in [1.165, 1.54) is 29.2 Å². The number of carbonyl (C=O) groups excluding carboxylic acids is 1. The number of benzene rings is 3. The fourth-order valence-corrected chi connectivity index (χ4v) is 4.89. The summed E-state index contributed by atoms with van der Waals surface area (Å²) in [7, 11) is 0. The molecule has 3 aromatic carbocycles. The van der Waals surface area contributed by atoms with Gasteiger partial charge in [-0.3, -0.25) is 9.69 Å². The summed E-state index contributed by atoms with van der Waals surface area (Å²) in [6.45, 7) is 4.98. The Kier molecular flexibility index (Phi) is 8.92. The molecule has 0 bridgehead atoms. The Morgan fingerprint density at radius 2 is 1.30 bits per heavy atom. The van der Waals surface area contributed by atoms with Crippen LogP contribution in [0.1, 0.15) is 32.6 Å². The van der Waals surface area contributed by atoms with E-state index in [1.54, 1.807) is 0 Å². The quantitative estimate of drug-likeness (QED) is 0.345. The van der Waals surface area contributed by atoms with Gasteiger partial charge in [0.25, 0.3) is 11.5 Å². The molecular weight excluding hydrogens is 588 g/mol. The molecule has 1 atom stereocenters. The molecule has 0 aliphatic carbocycles. The third kappa shape index (κ3) is 6.84. The van der Waals surface area contributed by atoms with Gasteiger partial charge in [0.05, 0.1) is 5.60 Å². The van der Waals surface area contributed by atoms with E-state index in [-0.39, 0.29) is 42.7 Å². The number of hydrogen-bond donors (Lipinski definition) is 2. The summed E-state index contributed by atoms with van der Waals surface area (Å²) in [6, 6.07) is 12.1. The molecule has 1 aliphatic heterocycles. The summed E-state index contributed by atoms with van der Waals surface area (Å²) < 4.78 is 107. The predicted octanol–water partition coefficient (Wildman–Crippen LogP) is 5.50. The van der Waals surface area contributed by atoms with E-state index in [4.69, 9.17) is 0 Å². The molecule has 0 spiro atoms. The molecule has 43 heavy (non-hydrogen) atoms. The Morgan fingerprint density at radius 1 is 0.767 bits per heavy atom. The molecule has 5 nitrogen and oxygen atoms in total. The summed E-state index contributed by atoms with van der Waals surface area (Å²) in [5.41, 5.74) is -7.24. The Bertz CT molecular complexity index is 1420. The summed E-state index contributed by atoms with van der Waals surface area (Å²) in [5.74, 6) is -1.69. The summed E-state index contributed by atoms with van der Waals surface area (Å²) in [5, 5.41) is 20.2. The predicted molar refractivity (Wildman–Crippen MR) is 139 cm³/mol. The Labute approximate surface area is 242 Å². The standard InChI is InChI=1S/C30H27F8N2O3/c1-27(42,22-8-10-24(31)11-9-22)17-21-5-4-20(16-25(21)32)26(41)40-14-12-39(13-15-40)18-19-2-6-23(7-3-19)28(43,29(33,34)35)30(36,37)38/h2-11,16,42-43H,1,12-15,17-18H2. The second-order valence-electron chi connectivity index (χ2n) is 10.5. The number of amides is 1. The molecule has 231 valence electrons. The number of rotatable bonds is 7. The number of halogens is 8. The second-order valence-corrected chi connectivity index (χ2v) is 10.5. The van der Waals surface area contributed by atoms with Crippen molar-refractivity contribution in [3.8, 4) is 0 Å². The highest BCUT2D eigenvalue weighted by Gasteiger charge is 2.71. The van der Waals surface area contributed by atoms with Crippen molar-refractivity contribution in [1.82, 2.24) is 9.80 Å². The lowest BCUT2D eigenvalue weighted by Crippen LogP contribution is -2.53. The van der Waals surface area contributed by atoms with Crippen LogP contribution >= 0.6 is 0 Å². The van der Waals surface area contributed by atoms with Gasteiger partial charge in [0.2, 0.25) is 0 Å². The van der Waals surface area contributed by atoms with Gasteiger partial charge in [0, 0.05) is 50.3 Å². The highest BCUT2D eigenvalue weighted by atomic mass is 19.4. The van der Waals surface area contributed by atoms with Crippen molar-refractivity contribution < 1.29 is 50.1 Å². The molecule has 1 aliphatic rings. The molecule has 1 amide bonds. The summed E-state index contributed by atoms with van der Waals surface area (Å²) in [6.07, 6.45) is -12.2. The Balaban J connectivity index is 1.35. The van der Waals surface area contributed by atoms with Gasteiger partial charge in [-0.05, 0) is 47.9 Å². The van der Waals surface area contributed by atoms with Crippen LogP contribution in [0.2, 0.25) is 0 Å². The van der Waals surface area contributed by atoms with Gasteiger partial charge in [-0.25, -0.2) is 8.78 Å². The van der Waals surface area contributed by atoms with Gasteiger partial charge in [-0.2, -0.15) is 26.3 Å². The van der Waals surface area contributed by atoms with Gasteiger partial charge in [0.1, 0.15) is 11.6 Å². The lowest BCUT2D eigenvalue weighted by atomic mass is 9.88. The number of carbonyl (C=O) groups is 1. The average Bonchev–Trinajstić information content (AvgIpc) is 2.93. The van der Waals surface area contributed by atoms with Crippen LogP contribution in [0, 0.1) is 18.6 Å². The molecule has 2 N–H and O–H groups in total. The molecule has 1 fully saturated rings. The molecular formula is C30H27F8N2O3.